The number of benzene rings is 1. The van der Waals surface area contributed by atoms with Crippen molar-refractivity contribution in [2.24, 2.45) is 0 Å². The van der Waals surface area contributed by atoms with E-state index in [0.29, 0.717) is 0 Å². The number of rotatable bonds is 3. The van der Waals surface area contributed by atoms with Gasteiger partial charge in [-0.05, 0) is 11.6 Å². The fourth-order valence-corrected chi connectivity index (χ4v) is 3.00. The van der Waals surface area contributed by atoms with Crippen LogP contribution in [-0.2, 0) is 11.2 Å². The number of piperazine rings is 1. The largest absolute Gasteiger partial charge is 0.373 e. The van der Waals surface area contributed by atoms with Crippen LogP contribution in [0.15, 0.2) is 36.9 Å². The summed E-state index contributed by atoms with van der Waals surface area (Å²) in [6, 6.07) is 8.09. The zero-order valence-corrected chi connectivity index (χ0v) is 11.7. The summed E-state index contributed by atoms with van der Waals surface area (Å²) in [6.07, 6.45) is 2.73. The van der Waals surface area contributed by atoms with Crippen LogP contribution in [0.1, 0.15) is 5.56 Å². The van der Waals surface area contributed by atoms with E-state index in [1.54, 1.807) is 0 Å². The van der Waals surface area contributed by atoms with Gasteiger partial charge in [0, 0.05) is 44.8 Å². The third-order valence-electron chi connectivity index (χ3n) is 4.14. The van der Waals surface area contributed by atoms with E-state index >= 15 is 0 Å². The summed E-state index contributed by atoms with van der Waals surface area (Å²) in [7, 11) is 0. The van der Waals surface area contributed by atoms with Crippen molar-refractivity contribution in [1.82, 2.24) is 9.80 Å². The van der Waals surface area contributed by atoms with Crippen LogP contribution >= 0.6 is 0 Å². The Hall–Kier alpha value is -1.81. The summed E-state index contributed by atoms with van der Waals surface area (Å²) in [6.45, 7) is 8.20. The SMILES string of the molecule is C=CCN1CCN(C(=O)C2Cc3ccccc3N2)CC1. The lowest BCUT2D eigenvalue weighted by Gasteiger charge is -2.35. The van der Waals surface area contributed by atoms with Crippen molar-refractivity contribution in [3.63, 3.8) is 0 Å². The Bertz CT molecular complexity index is 481. The molecule has 1 saturated heterocycles. The Morgan fingerprint density at radius 3 is 2.75 bits per heavy atom. The number of amides is 1. The molecule has 0 radical (unpaired) electrons. The van der Waals surface area contributed by atoms with Crippen LogP contribution in [0, 0.1) is 0 Å². The second kappa shape index (κ2) is 5.67. The van der Waals surface area contributed by atoms with Crippen LogP contribution in [0.3, 0.4) is 0 Å². The molecule has 3 rings (SSSR count). The Morgan fingerprint density at radius 2 is 2.05 bits per heavy atom. The van der Waals surface area contributed by atoms with Crippen LogP contribution in [-0.4, -0.2) is 54.5 Å². The number of nitrogens with one attached hydrogen (secondary N) is 1. The van der Waals surface area contributed by atoms with Crippen LogP contribution in [0.2, 0.25) is 0 Å². The molecule has 0 aromatic heterocycles. The molecule has 1 fully saturated rings. The average molecular weight is 271 g/mol. The first-order chi connectivity index (χ1) is 9.78. The van der Waals surface area contributed by atoms with Gasteiger partial charge in [0.1, 0.15) is 6.04 Å². The Kier molecular flexibility index (Phi) is 3.74. The zero-order valence-electron chi connectivity index (χ0n) is 11.7. The number of fused-ring (bicyclic) bond motifs is 1. The minimum absolute atomic E-state index is 0.0849. The van der Waals surface area contributed by atoms with Crippen molar-refractivity contribution in [1.29, 1.82) is 0 Å². The average Bonchev–Trinajstić information content (AvgIpc) is 2.91. The summed E-state index contributed by atoms with van der Waals surface area (Å²) in [4.78, 5) is 16.9. The van der Waals surface area contributed by atoms with Crippen molar-refractivity contribution in [2.45, 2.75) is 12.5 Å². The van der Waals surface area contributed by atoms with Crippen molar-refractivity contribution < 1.29 is 4.79 Å². The van der Waals surface area contributed by atoms with E-state index in [1.165, 1.54) is 5.56 Å². The maximum atomic E-state index is 12.6. The van der Waals surface area contributed by atoms with E-state index in [0.717, 1.165) is 44.8 Å². The smallest absolute Gasteiger partial charge is 0.245 e. The first-order valence-electron chi connectivity index (χ1n) is 7.24. The van der Waals surface area contributed by atoms with Gasteiger partial charge in [0.05, 0.1) is 0 Å². The van der Waals surface area contributed by atoms with Gasteiger partial charge in [0.25, 0.3) is 0 Å². The molecule has 0 spiro atoms. The first-order valence-corrected chi connectivity index (χ1v) is 7.24. The molecule has 1 N–H and O–H groups in total. The zero-order chi connectivity index (χ0) is 13.9. The maximum absolute atomic E-state index is 12.6. The van der Waals surface area contributed by atoms with Crippen molar-refractivity contribution in [2.75, 3.05) is 38.0 Å². The molecule has 4 heteroatoms. The molecule has 1 unspecified atom stereocenters. The lowest BCUT2D eigenvalue weighted by molar-refractivity contribution is -0.133. The van der Waals surface area contributed by atoms with Crippen LogP contribution < -0.4 is 5.32 Å². The highest BCUT2D eigenvalue weighted by Gasteiger charge is 2.31. The van der Waals surface area contributed by atoms with Crippen LogP contribution in [0.25, 0.3) is 0 Å². The number of carbonyl (C=O) groups is 1. The molecular weight excluding hydrogens is 250 g/mol. The molecule has 0 aliphatic carbocycles. The molecule has 1 atom stereocenters. The number of anilines is 1. The van der Waals surface area contributed by atoms with Crippen molar-refractivity contribution in [3.8, 4) is 0 Å². The fraction of sp³-hybridized carbons (Fsp3) is 0.438. The van der Waals surface area contributed by atoms with E-state index in [4.69, 9.17) is 0 Å². The number of hydrogen-bond donors (Lipinski definition) is 1. The monoisotopic (exact) mass is 271 g/mol. The molecule has 4 nitrogen and oxygen atoms in total. The molecule has 2 heterocycles. The third kappa shape index (κ3) is 2.56. The fourth-order valence-electron chi connectivity index (χ4n) is 3.00. The van der Waals surface area contributed by atoms with Crippen LogP contribution in [0.4, 0.5) is 5.69 Å². The van der Waals surface area contributed by atoms with Gasteiger partial charge in [-0.1, -0.05) is 24.3 Å². The molecule has 1 amide bonds. The van der Waals surface area contributed by atoms with E-state index in [-0.39, 0.29) is 11.9 Å². The highest BCUT2D eigenvalue weighted by molar-refractivity contribution is 5.87. The molecule has 0 saturated carbocycles. The summed E-state index contributed by atoms with van der Waals surface area (Å²) >= 11 is 0. The molecule has 20 heavy (non-hydrogen) atoms. The Balaban J connectivity index is 1.58. The van der Waals surface area contributed by atoms with E-state index in [1.807, 2.05) is 29.2 Å². The minimum Gasteiger partial charge on any atom is -0.373 e. The van der Waals surface area contributed by atoms with Gasteiger partial charge in [0.2, 0.25) is 5.91 Å². The van der Waals surface area contributed by atoms with Gasteiger partial charge in [-0.15, -0.1) is 6.58 Å². The summed E-state index contributed by atoms with van der Waals surface area (Å²) < 4.78 is 0. The summed E-state index contributed by atoms with van der Waals surface area (Å²) in [5.74, 6) is 0.236. The molecule has 0 bridgehead atoms. The highest BCUT2D eigenvalue weighted by Crippen LogP contribution is 2.26. The van der Waals surface area contributed by atoms with Gasteiger partial charge >= 0.3 is 0 Å². The molecule has 2 aliphatic heterocycles. The van der Waals surface area contributed by atoms with Gasteiger partial charge in [0.15, 0.2) is 0 Å². The second-order valence-corrected chi connectivity index (χ2v) is 5.47. The third-order valence-corrected chi connectivity index (χ3v) is 4.14. The maximum Gasteiger partial charge on any atom is 0.245 e. The predicted octanol–water partition coefficient (Wildman–Crippen LogP) is 1.35. The summed E-state index contributed by atoms with van der Waals surface area (Å²) in [5.41, 5.74) is 2.35. The molecule has 1 aromatic rings. The normalized spacial score (nSPS) is 22.2. The Morgan fingerprint density at radius 1 is 1.30 bits per heavy atom. The van der Waals surface area contributed by atoms with Gasteiger partial charge < -0.3 is 10.2 Å². The minimum atomic E-state index is -0.0849. The molecule has 2 aliphatic rings. The lowest BCUT2D eigenvalue weighted by Crippen LogP contribution is -2.52. The van der Waals surface area contributed by atoms with Crippen LogP contribution in [0.5, 0.6) is 0 Å². The predicted molar refractivity (Wildman–Crippen MR) is 80.8 cm³/mol. The highest BCUT2D eigenvalue weighted by atomic mass is 16.2. The lowest BCUT2D eigenvalue weighted by atomic mass is 10.1. The first kappa shape index (κ1) is 13.2. The topological polar surface area (TPSA) is 35.6 Å². The van der Waals surface area contributed by atoms with E-state index in [9.17, 15) is 4.79 Å². The number of nitrogens with zero attached hydrogens (tertiary/aromatic N) is 2. The van der Waals surface area contributed by atoms with E-state index in [2.05, 4.69) is 22.9 Å². The quantitative estimate of drug-likeness (QED) is 0.843. The van der Waals surface area contributed by atoms with Gasteiger partial charge in [-0.25, -0.2) is 0 Å². The molecule has 1 aromatic carbocycles. The standard InChI is InChI=1S/C16H21N3O/c1-2-7-18-8-10-19(11-9-18)16(20)15-12-13-5-3-4-6-14(13)17-15/h2-6,15,17H,1,7-12H2. The number of hydrogen-bond acceptors (Lipinski definition) is 3. The van der Waals surface area contributed by atoms with Gasteiger partial charge in [-0.3, -0.25) is 9.69 Å². The summed E-state index contributed by atoms with van der Waals surface area (Å²) in [5, 5.41) is 3.35. The van der Waals surface area contributed by atoms with E-state index < -0.39 is 0 Å². The molecular formula is C16H21N3O. The van der Waals surface area contributed by atoms with Gasteiger partial charge in [-0.2, -0.15) is 0 Å². The second-order valence-electron chi connectivity index (χ2n) is 5.47. The number of carbonyl (C=O) groups excluding carboxylic acids is 1. The van der Waals surface area contributed by atoms with Crippen molar-refractivity contribution in [3.05, 3.63) is 42.5 Å². The Labute approximate surface area is 120 Å². The molecule has 106 valence electrons. The van der Waals surface area contributed by atoms with Crippen molar-refractivity contribution >= 4 is 11.6 Å². The number of para-hydroxylation sites is 1.